The Morgan fingerprint density at radius 3 is 2.04 bits per heavy atom. The lowest BCUT2D eigenvalue weighted by molar-refractivity contribution is -0.0885. The normalized spacial score (nSPS) is 30.6. The van der Waals surface area contributed by atoms with Gasteiger partial charge in [0.15, 0.2) is 0 Å². The van der Waals surface area contributed by atoms with Crippen molar-refractivity contribution in [2.75, 3.05) is 72.5 Å². The van der Waals surface area contributed by atoms with E-state index in [-0.39, 0.29) is 0 Å². The number of rotatable bonds is 7. The Hall–Kier alpha value is -0.230. The van der Waals surface area contributed by atoms with E-state index in [1.165, 1.54) is 51.7 Å². The molecule has 0 atom stereocenters. The molecule has 0 radical (unpaired) electrons. The molecule has 5 heteroatoms. The van der Waals surface area contributed by atoms with Crippen molar-refractivity contribution in [3.63, 3.8) is 0 Å². The van der Waals surface area contributed by atoms with Crippen LogP contribution in [-0.2, 0) is 0 Å². The van der Waals surface area contributed by atoms with Crippen LogP contribution in [0.5, 0.6) is 0 Å². The molecule has 1 saturated carbocycles. The molecule has 0 bridgehead atoms. The molecule has 0 unspecified atom stereocenters. The first-order chi connectivity index (χ1) is 12.8. The van der Waals surface area contributed by atoms with E-state index in [2.05, 4.69) is 40.5 Å². The highest BCUT2D eigenvalue weighted by Gasteiger charge is 2.48. The number of alkyl halides is 1. The third-order valence-corrected chi connectivity index (χ3v) is 7.51. The van der Waals surface area contributed by atoms with Gasteiger partial charge in [0.2, 0.25) is 0 Å². The largest absolute Gasteiger partial charge is 0.304 e. The van der Waals surface area contributed by atoms with Crippen LogP contribution in [0.25, 0.3) is 0 Å². The molecular formula is C22H41FN4. The Bertz CT molecular complexity index is 485. The number of likely N-dealkylation sites (tertiary alicyclic amines) is 2. The second-order valence-electron chi connectivity index (χ2n) is 10.7. The highest BCUT2D eigenvalue weighted by Crippen LogP contribution is 2.51. The average Bonchev–Trinajstić information content (AvgIpc) is 3.33. The van der Waals surface area contributed by atoms with Gasteiger partial charge in [0, 0.05) is 58.4 Å². The van der Waals surface area contributed by atoms with Crippen molar-refractivity contribution in [1.29, 1.82) is 0 Å². The average molecular weight is 381 g/mol. The van der Waals surface area contributed by atoms with E-state index in [4.69, 9.17) is 0 Å². The molecule has 4 rings (SSSR count). The number of halogens is 1. The zero-order chi connectivity index (χ0) is 19.1. The van der Waals surface area contributed by atoms with E-state index >= 15 is 4.39 Å². The molecule has 3 saturated heterocycles. The van der Waals surface area contributed by atoms with Crippen LogP contribution in [0.15, 0.2) is 0 Å². The standard InChI is InChI=1S/C22H41FN4/c1-19(2)14-21(6-7-21)15-25-8-4-20(5-9-25)27-17-22(23,18-27)16-26-12-10-24(3)11-13-26/h19-20H,4-18H2,1-3H3. The van der Waals surface area contributed by atoms with Gasteiger partial charge in [-0.3, -0.25) is 9.80 Å². The Labute approximate surface area is 166 Å². The molecule has 0 spiro atoms. The first-order valence-corrected chi connectivity index (χ1v) is 11.4. The number of nitrogens with zero attached hydrogens (tertiary/aromatic N) is 4. The molecule has 0 aromatic rings. The molecule has 1 aliphatic carbocycles. The molecular weight excluding hydrogens is 339 g/mol. The number of likely N-dealkylation sites (N-methyl/N-ethyl adjacent to an activating group) is 1. The van der Waals surface area contributed by atoms with E-state index in [1.807, 2.05) is 0 Å². The summed E-state index contributed by atoms with van der Waals surface area (Å²) in [7, 11) is 2.16. The molecule has 4 aliphatic rings. The fourth-order valence-electron chi connectivity index (χ4n) is 5.83. The summed E-state index contributed by atoms with van der Waals surface area (Å²) in [5.74, 6) is 0.823. The molecule has 4 nitrogen and oxygen atoms in total. The van der Waals surface area contributed by atoms with Crippen LogP contribution in [0.4, 0.5) is 4.39 Å². The van der Waals surface area contributed by atoms with E-state index in [1.54, 1.807) is 0 Å². The smallest absolute Gasteiger partial charge is 0.148 e. The third kappa shape index (κ3) is 5.04. The third-order valence-electron chi connectivity index (χ3n) is 7.51. The van der Waals surface area contributed by atoms with Crippen molar-refractivity contribution in [1.82, 2.24) is 19.6 Å². The van der Waals surface area contributed by atoms with Gasteiger partial charge < -0.3 is 9.80 Å². The highest BCUT2D eigenvalue weighted by molar-refractivity contribution is 5.03. The Morgan fingerprint density at radius 1 is 0.889 bits per heavy atom. The van der Waals surface area contributed by atoms with Gasteiger partial charge in [-0.05, 0) is 63.6 Å². The molecule has 0 aromatic carbocycles. The molecule has 4 fully saturated rings. The highest BCUT2D eigenvalue weighted by atomic mass is 19.1. The minimum Gasteiger partial charge on any atom is -0.304 e. The lowest BCUT2D eigenvalue weighted by atomic mass is 9.89. The van der Waals surface area contributed by atoms with E-state index in [0.717, 1.165) is 32.1 Å². The number of hydrogen-bond acceptors (Lipinski definition) is 4. The Balaban J connectivity index is 1.16. The minimum absolute atomic E-state index is 0.623. The van der Waals surface area contributed by atoms with Crippen molar-refractivity contribution in [3.05, 3.63) is 0 Å². The number of piperazine rings is 1. The molecule has 0 aromatic heterocycles. The molecule has 0 N–H and O–H groups in total. The Morgan fingerprint density at radius 2 is 1.48 bits per heavy atom. The summed E-state index contributed by atoms with van der Waals surface area (Å²) < 4.78 is 15.1. The maximum Gasteiger partial charge on any atom is 0.148 e. The van der Waals surface area contributed by atoms with Gasteiger partial charge in [-0.15, -0.1) is 0 Å². The van der Waals surface area contributed by atoms with Crippen LogP contribution in [0, 0.1) is 11.3 Å². The summed E-state index contributed by atoms with van der Waals surface area (Å²) in [6, 6.07) is 0.623. The minimum atomic E-state index is -0.956. The van der Waals surface area contributed by atoms with Crippen molar-refractivity contribution >= 4 is 0 Å². The second-order valence-corrected chi connectivity index (χ2v) is 10.7. The summed E-state index contributed by atoms with van der Waals surface area (Å²) in [5, 5.41) is 0. The van der Waals surface area contributed by atoms with Gasteiger partial charge in [-0.1, -0.05) is 13.8 Å². The molecule has 3 heterocycles. The van der Waals surface area contributed by atoms with Crippen LogP contribution >= 0.6 is 0 Å². The first-order valence-electron chi connectivity index (χ1n) is 11.4. The van der Waals surface area contributed by atoms with E-state index < -0.39 is 5.67 Å². The predicted octanol–water partition coefficient (Wildman–Crippen LogP) is 2.55. The van der Waals surface area contributed by atoms with Crippen molar-refractivity contribution in [2.45, 2.75) is 57.7 Å². The van der Waals surface area contributed by atoms with Gasteiger partial charge in [-0.2, -0.15) is 0 Å². The van der Waals surface area contributed by atoms with Gasteiger partial charge in [0.25, 0.3) is 0 Å². The fraction of sp³-hybridized carbons (Fsp3) is 1.00. The van der Waals surface area contributed by atoms with Crippen molar-refractivity contribution < 1.29 is 4.39 Å². The van der Waals surface area contributed by atoms with Crippen LogP contribution < -0.4 is 0 Å². The predicted molar refractivity (Wildman–Crippen MR) is 110 cm³/mol. The summed E-state index contributed by atoms with van der Waals surface area (Å²) in [6.45, 7) is 14.7. The first kappa shape index (κ1) is 20.1. The summed E-state index contributed by atoms with van der Waals surface area (Å²) >= 11 is 0. The van der Waals surface area contributed by atoms with Gasteiger partial charge in [-0.25, -0.2) is 4.39 Å². The van der Waals surface area contributed by atoms with Gasteiger partial charge >= 0.3 is 0 Å². The number of hydrogen-bond donors (Lipinski definition) is 0. The van der Waals surface area contributed by atoms with Gasteiger partial charge in [0.1, 0.15) is 5.67 Å². The second kappa shape index (κ2) is 7.89. The van der Waals surface area contributed by atoms with Crippen LogP contribution in [-0.4, -0.2) is 104 Å². The summed E-state index contributed by atoms with van der Waals surface area (Å²) in [4.78, 5) is 9.83. The van der Waals surface area contributed by atoms with Crippen LogP contribution in [0.3, 0.4) is 0 Å². The van der Waals surface area contributed by atoms with Crippen molar-refractivity contribution in [3.8, 4) is 0 Å². The summed E-state index contributed by atoms with van der Waals surface area (Å²) in [6.07, 6.45) is 6.75. The molecule has 3 aliphatic heterocycles. The lowest BCUT2D eigenvalue weighted by Crippen LogP contribution is -2.67. The van der Waals surface area contributed by atoms with Crippen LogP contribution in [0.2, 0.25) is 0 Å². The topological polar surface area (TPSA) is 13.0 Å². The fourth-order valence-corrected chi connectivity index (χ4v) is 5.83. The van der Waals surface area contributed by atoms with E-state index in [0.29, 0.717) is 31.1 Å². The maximum atomic E-state index is 15.1. The SMILES string of the molecule is CC(C)CC1(CN2CCC(N3CC(F)(CN4CCN(C)CC4)C3)CC2)CC1. The lowest BCUT2D eigenvalue weighted by Gasteiger charge is -2.52. The monoisotopic (exact) mass is 380 g/mol. The van der Waals surface area contributed by atoms with E-state index in [9.17, 15) is 0 Å². The Kier molecular flexibility index (Phi) is 5.86. The quantitative estimate of drug-likeness (QED) is 0.673. The maximum absolute atomic E-state index is 15.1. The zero-order valence-electron chi connectivity index (χ0n) is 17.9. The molecule has 27 heavy (non-hydrogen) atoms. The zero-order valence-corrected chi connectivity index (χ0v) is 17.9. The number of piperidine rings is 1. The van der Waals surface area contributed by atoms with Crippen LogP contribution in [0.1, 0.15) is 46.0 Å². The van der Waals surface area contributed by atoms with Gasteiger partial charge in [0.05, 0.1) is 0 Å². The van der Waals surface area contributed by atoms with Crippen molar-refractivity contribution in [2.24, 2.45) is 11.3 Å². The summed E-state index contributed by atoms with van der Waals surface area (Å²) in [5.41, 5.74) is -0.309. The molecule has 0 amide bonds. The molecule has 156 valence electrons.